The molecule has 2 aliphatic heterocycles. The zero-order valence-electron chi connectivity index (χ0n) is 54.9. The maximum atomic E-state index is 14.5. The Bertz CT molecular complexity index is 3890. The van der Waals surface area contributed by atoms with Gasteiger partial charge in [0.25, 0.3) is 0 Å². The number of carboxylic acid groups (broad SMARTS) is 1. The van der Waals surface area contributed by atoms with Gasteiger partial charge in [-0.1, -0.05) is 60.7 Å². The van der Waals surface area contributed by atoms with Crippen molar-refractivity contribution in [1.82, 2.24) is 47.0 Å². The van der Waals surface area contributed by atoms with Gasteiger partial charge in [-0.05, 0) is 99.6 Å². The third kappa shape index (κ3) is 21.7. The van der Waals surface area contributed by atoms with Gasteiger partial charge in [-0.2, -0.15) is 0 Å². The molecule has 34 heteroatoms. The molecule has 3 heterocycles. The molecule has 2 fully saturated rings. The predicted molar refractivity (Wildman–Crippen MR) is 359 cm³/mol. The number of nitro benzene ring substituents is 2. The number of aliphatic imine (C=N–C) groups is 1. The fourth-order valence-corrected chi connectivity index (χ4v) is 11.6. The van der Waals surface area contributed by atoms with E-state index in [9.17, 15) is 83.2 Å². The molecule has 0 radical (unpaired) electrons. The van der Waals surface area contributed by atoms with Crippen LogP contribution in [0.25, 0.3) is 11.0 Å². The number of carboxylic acids is 1. The standard InChI is InChI=1S/C66H81N15O19/c1-38(58(86)76-48(31-40-16-7-4-8-17-40)60(88)75-46(65(93)94)18-9-10-26-69-42-22-25-50(80(95)96)53(34-42)81(97)98)72-61(89)49(37-82)77-59(87)47(30-39-14-5-3-6-15-39)74-56(84)36-71-62(90)51-20-12-28-78(51)64(92)52-21-13-29-79(52)63(91)45(19-11-27-70-66(67)68)73-55(83)32-41-33-57(85)100-54-35-43(99-2)23-24-44(41)54/h3-8,14-17,22-25,33-35,38,45-49,51-52,69,82H,9-13,18-21,26-32,36-37H2,1-2H3,(H,71,90)(H,72,89)(H,73,83)(H,74,84)(H,75,88)(H,76,86)(H,77,87)(H,93,94)(H4,67,68,70)/t38-,45-,46-,47-,48-,49-,51-,52-/m0/s1. The molecular weight excluding hydrogens is 1310 g/mol. The second-order valence-electron chi connectivity index (χ2n) is 23.9. The van der Waals surface area contributed by atoms with Crippen LogP contribution in [0.5, 0.6) is 5.75 Å². The Kier molecular flexibility index (Phi) is 27.8. The highest BCUT2D eigenvalue weighted by atomic mass is 16.6. The molecule has 14 N–H and O–H groups in total. The molecule has 0 unspecified atom stereocenters. The van der Waals surface area contributed by atoms with Crippen molar-refractivity contribution in [3.8, 4) is 5.75 Å². The summed E-state index contributed by atoms with van der Waals surface area (Å²) in [4.78, 5) is 178. The van der Waals surface area contributed by atoms with Crippen molar-refractivity contribution in [2.45, 2.75) is 132 Å². The van der Waals surface area contributed by atoms with Gasteiger partial charge in [-0.3, -0.25) is 68.4 Å². The predicted octanol–water partition coefficient (Wildman–Crippen LogP) is 0.0857. The first-order chi connectivity index (χ1) is 47.8. The summed E-state index contributed by atoms with van der Waals surface area (Å²) in [7, 11) is 1.44. The molecule has 1 aromatic heterocycles. The zero-order valence-corrected chi connectivity index (χ0v) is 54.9. The normalized spacial score (nSPS) is 15.8. The number of nitrogens with two attached hydrogens (primary N) is 2. The number of amides is 9. The van der Waals surface area contributed by atoms with Gasteiger partial charge in [0.15, 0.2) is 5.96 Å². The second kappa shape index (κ2) is 36.7. The number of hydrogen-bond acceptors (Lipinski definition) is 20. The maximum absolute atomic E-state index is 14.5. The monoisotopic (exact) mass is 1390 g/mol. The number of anilines is 1. The number of benzene rings is 4. The Morgan fingerprint density at radius 2 is 1.26 bits per heavy atom. The lowest BCUT2D eigenvalue weighted by molar-refractivity contribution is -0.422. The van der Waals surface area contributed by atoms with Crippen molar-refractivity contribution in [1.29, 1.82) is 0 Å². The number of ether oxygens (including phenoxy) is 1. The molecule has 8 atom stereocenters. The largest absolute Gasteiger partial charge is 0.497 e. The summed E-state index contributed by atoms with van der Waals surface area (Å²) in [5.41, 5.74) is 10.8. The van der Waals surface area contributed by atoms with Gasteiger partial charge in [0.2, 0.25) is 53.2 Å². The Hall–Kier alpha value is -11.6. The minimum atomic E-state index is -1.73. The molecule has 0 bridgehead atoms. The number of unbranched alkanes of at least 4 members (excludes halogenated alkanes) is 1. The number of aliphatic hydroxyl groups excluding tert-OH is 1. The van der Waals surface area contributed by atoms with Crippen LogP contribution in [-0.4, -0.2) is 190 Å². The van der Waals surface area contributed by atoms with Crippen LogP contribution in [-0.2, 0) is 67.2 Å². The smallest absolute Gasteiger partial charge is 0.348 e. The van der Waals surface area contributed by atoms with Gasteiger partial charge >= 0.3 is 23.0 Å². The number of methoxy groups -OCH3 is 1. The summed E-state index contributed by atoms with van der Waals surface area (Å²) in [5.74, 6) is -8.30. The SMILES string of the molecule is COc1ccc2c(CC(=O)N[C@@H](CCCN=C(N)N)C(=O)N3CCC[C@H]3C(=O)N3CCC[C@H]3C(=O)NCC(=O)N[C@@H](Cc3ccccc3)C(=O)N[C@@H](CO)C(=O)N[C@@H](C)C(=O)N[C@@H](Cc3ccccc3)C(=O)N[C@@H](CCCCNc3ccc([N+](=O)[O-])c([N+](=O)[O-])c3)C(=O)O)cc(=O)oc2c1. The Morgan fingerprint density at radius 1 is 0.670 bits per heavy atom. The number of aliphatic hydroxyl groups is 1. The Balaban J connectivity index is 0.935. The highest BCUT2D eigenvalue weighted by Crippen LogP contribution is 2.31. The number of guanidine groups is 1. The number of fused-ring (bicyclic) bond motifs is 1. The topological polar surface area (TPSA) is 504 Å². The molecule has 4 aromatic carbocycles. The second-order valence-corrected chi connectivity index (χ2v) is 23.9. The molecule has 534 valence electrons. The summed E-state index contributed by atoms with van der Waals surface area (Å²) < 4.78 is 10.6. The minimum Gasteiger partial charge on any atom is -0.497 e. The molecule has 0 spiro atoms. The Morgan fingerprint density at radius 3 is 1.88 bits per heavy atom. The number of aliphatic carboxylic acids is 1. The van der Waals surface area contributed by atoms with Crippen molar-refractivity contribution in [3.05, 3.63) is 150 Å². The fourth-order valence-electron chi connectivity index (χ4n) is 11.6. The van der Waals surface area contributed by atoms with E-state index in [2.05, 4.69) is 47.5 Å². The number of likely N-dealkylation sites (tertiary alicyclic amines) is 2. The number of nitrogens with zero attached hydrogens (tertiary/aromatic N) is 5. The average molecular weight is 1390 g/mol. The van der Waals surface area contributed by atoms with Gasteiger partial charge in [0.1, 0.15) is 59.7 Å². The Labute approximate surface area is 572 Å². The first-order valence-electron chi connectivity index (χ1n) is 32.3. The van der Waals surface area contributed by atoms with Crippen LogP contribution in [0.15, 0.2) is 117 Å². The van der Waals surface area contributed by atoms with Crippen molar-refractivity contribution in [2.75, 3.05) is 51.8 Å². The van der Waals surface area contributed by atoms with Gasteiger partial charge in [-0.25, -0.2) is 9.59 Å². The van der Waals surface area contributed by atoms with Gasteiger partial charge in [-0.15, -0.1) is 0 Å². The van der Waals surface area contributed by atoms with Crippen LogP contribution in [0.3, 0.4) is 0 Å². The van der Waals surface area contributed by atoms with Crippen LogP contribution in [0.2, 0.25) is 0 Å². The number of carbonyl (C=O) groups excluding carboxylic acids is 9. The molecule has 2 saturated heterocycles. The molecule has 0 aliphatic carbocycles. The highest BCUT2D eigenvalue weighted by Gasteiger charge is 2.44. The summed E-state index contributed by atoms with van der Waals surface area (Å²) >= 11 is 0. The van der Waals surface area contributed by atoms with E-state index in [1.54, 1.807) is 72.8 Å². The van der Waals surface area contributed by atoms with Crippen molar-refractivity contribution in [2.24, 2.45) is 16.5 Å². The number of nitrogens with one attached hydrogen (secondary N) is 8. The van der Waals surface area contributed by atoms with Crippen LogP contribution in [0.4, 0.5) is 17.1 Å². The summed E-state index contributed by atoms with van der Waals surface area (Å²) in [5, 5.41) is 64.1. The molecule has 5 aromatic rings. The van der Waals surface area contributed by atoms with Crippen LogP contribution >= 0.6 is 0 Å². The maximum Gasteiger partial charge on any atom is 0.348 e. The van der Waals surface area contributed by atoms with Crippen molar-refractivity contribution in [3.63, 3.8) is 0 Å². The summed E-state index contributed by atoms with van der Waals surface area (Å²) in [6.07, 6.45) is 1.33. The molecule has 34 nitrogen and oxygen atoms in total. The first-order valence-corrected chi connectivity index (χ1v) is 32.3. The van der Waals surface area contributed by atoms with E-state index in [0.29, 0.717) is 47.1 Å². The van der Waals surface area contributed by atoms with Crippen LogP contribution < -0.4 is 64.4 Å². The van der Waals surface area contributed by atoms with Gasteiger partial charge in [0, 0.05) is 74.4 Å². The van der Waals surface area contributed by atoms with E-state index in [-0.39, 0.29) is 101 Å². The van der Waals surface area contributed by atoms with Gasteiger partial charge < -0.3 is 83.2 Å². The van der Waals surface area contributed by atoms with Crippen molar-refractivity contribution >= 4 is 93.1 Å². The number of rotatable bonds is 36. The summed E-state index contributed by atoms with van der Waals surface area (Å²) in [6, 6.07) is 15.2. The van der Waals surface area contributed by atoms with E-state index < -0.39 is 147 Å². The quantitative estimate of drug-likeness (QED) is 0.00631. The molecule has 9 amide bonds. The lowest BCUT2D eigenvalue weighted by Gasteiger charge is -2.33. The molecule has 0 saturated carbocycles. The van der Waals surface area contributed by atoms with Crippen LogP contribution in [0.1, 0.15) is 81.4 Å². The lowest BCUT2D eigenvalue weighted by Crippen LogP contribution is -2.59. The van der Waals surface area contributed by atoms with E-state index in [4.69, 9.17) is 20.6 Å². The molecule has 100 heavy (non-hydrogen) atoms. The fraction of sp³-hybridized carbons (Fsp3) is 0.424. The molecule has 7 rings (SSSR count). The summed E-state index contributed by atoms with van der Waals surface area (Å²) in [6.45, 7) is 0.115. The van der Waals surface area contributed by atoms with Crippen molar-refractivity contribution < 1.29 is 77.2 Å². The third-order valence-electron chi connectivity index (χ3n) is 16.7. The van der Waals surface area contributed by atoms with E-state index in [0.717, 1.165) is 12.1 Å². The van der Waals surface area contributed by atoms with E-state index in [1.165, 1.54) is 42.0 Å². The highest BCUT2D eigenvalue weighted by molar-refractivity contribution is 5.99. The van der Waals surface area contributed by atoms with E-state index >= 15 is 0 Å². The minimum absolute atomic E-state index is 0.0592. The number of hydrogen-bond donors (Lipinski definition) is 12. The molecular formula is C66H81N15O19. The number of nitro groups is 2. The number of carbonyl (C=O) groups is 10. The average Bonchev–Trinajstić information content (AvgIpc) is 1.73. The van der Waals surface area contributed by atoms with Crippen LogP contribution in [0, 0.1) is 20.2 Å². The zero-order chi connectivity index (χ0) is 72.6. The first kappa shape index (κ1) is 75.8. The lowest BCUT2D eigenvalue weighted by atomic mass is 10.0. The third-order valence-corrected chi connectivity index (χ3v) is 16.7. The van der Waals surface area contributed by atoms with Gasteiger partial charge in [0.05, 0.1) is 36.5 Å². The molecule has 2 aliphatic rings. The van der Waals surface area contributed by atoms with E-state index in [1.807, 2.05) is 0 Å².